The maximum atomic E-state index is 13.4. The summed E-state index contributed by atoms with van der Waals surface area (Å²) in [4.78, 5) is 11.6. The van der Waals surface area contributed by atoms with Gasteiger partial charge in [-0.1, -0.05) is 6.92 Å². The summed E-state index contributed by atoms with van der Waals surface area (Å²) in [6.07, 6.45) is -4.58. The van der Waals surface area contributed by atoms with Crippen molar-refractivity contribution < 1.29 is 22.4 Å². The first-order valence-electron chi connectivity index (χ1n) is 5.58. The Morgan fingerprint density at radius 2 is 1.95 bits per heavy atom. The van der Waals surface area contributed by atoms with Crippen LogP contribution in [0.2, 0.25) is 0 Å². The van der Waals surface area contributed by atoms with Gasteiger partial charge in [0.15, 0.2) is 0 Å². The Morgan fingerprint density at radius 1 is 1.35 bits per heavy atom. The van der Waals surface area contributed by atoms with E-state index in [0.717, 1.165) is 0 Å². The Kier molecular flexibility index (Phi) is 6.95. The van der Waals surface area contributed by atoms with E-state index in [1.165, 1.54) is 0 Å². The molecule has 3 nitrogen and oxygen atoms in total. The van der Waals surface area contributed by atoms with Crippen molar-refractivity contribution in [3.8, 4) is 0 Å². The summed E-state index contributed by atoms with van der Waals surface area (Å²) >= 11 is 0. The normalized spacial score (nSPS) is 12.5. The zero-order valence-electron chi connectivity index (χ0n) is 10.8. The maximum Gasteiger partial charge on any atom is 0.416 e. The molecule has 0 radical (unpaired) electrons. The summed E-state index contributed by atoms with van der Waals surface area (Å²) in [5.74, 6) is -1.94. The molecule has 1 unspecified atom stereocenters. The first kappa shape index (κ1) is 18.7. The summed E-state index contributed by atoms with van der Waals surface area (Å²) in [6, 6.07) is 1.89. The average molecular weight is 315 g/mol. The van der Waals surface area contributed by atoms with Crippen molar-refractivity contribution >= 4 is 24.0 Å². The van der Waals surface area contributed by atoms with Crippen LogP contribution in [0.3, 0.4) is 0 Å². The van der Waals surface area contributed by atoms with Crippen molar-refractivity contribution in [2.45, 2.75) is 13.1 Å². The van der Waals surface area contributed by atoms with E-state index < -0.39 is 35.1 Å². The van der Waals surface area contributed by atoms with Crippen molar-refractivity contribution in [3.63, 3.8) is 0 Å². The van der Waals surface area contributed by atoms with Gasteiger partial charge in [-0.2, -0.15) is 13.2 Å². The summed E-state index contributed by atoms with van der Waals surface area (Å²) < 4.78 is 50.8. The fraction of sp³-hybridized carbons (Fsp3) is 0.417. The molecule has 0 fully saturated rings. The zero-order chi connectivity index (χ0) is 14.6. The second-order valence-corrected chi connectivity index (χ2v) is 4.14. The molecule has 1 aromatic rings. The van der Waals surface area contributed by atoms with E-state index in [-0.39, 0.29) is 12.4 Å². The summed E-state index contributed by atoms with van der Waals surface area (Å²) in [7, 11) is 1.63. The molecule has 1 atom stereocenters. The molecule has 0 saturated carbocycles. The number of carbonyl (C=O) groups is 1. The van der Waals surface area contributed by atoms with Crippen LogP contribution >= 0.6 is 12.4 Å². The number of carbonyl (C=O) groups excluding carboxylic acids is 1. The quantitative estimate of drug-likeness (QED) is 0.839. The van der Waals surface area contributed by atoms with Crippen molar-refractivity contribution in [2.75, 3.05) is 18.9 Å². The number of halogens is 5. The number of anilines is 1. The largest absolute Gasteiger partial charge is 0.416 e. The lowest BCUT2D eigenvalue weighted by molar-refractivity contribution is -0.137. The van der Waals surface area contributed by atoms with Gasteiger partial charge >= 0.3 is 6.18 Å². The Labute approximate surface area is 120 Å². The monoisotopic (exact) mass is 314 g/mol. The van der Waals surface area contributed by atoms with Crippen LogP contribution < -0.4 is 10.6 Å². The molecule has 0 aliphatic rings. The van der Waals surface area contributed by atoms with Crippen LogP contribution in [-0.2, 0) is 11.0 Å². The van der Waals surface area contributed by atoms with Crippen LogP contribution in [0.15, 0.2) is 18.2 Å². The SMILES string of the molecule is CNCC(C)C(=O)Nc1cc(C(F)(F)F)ccc1F.Cl. The number of benzene rings is 1. The highest BCUT2D eigenvalue weighted by Gasteiger charge is 2.31. The van der Waals surface area contributed by atoms with Crippen molar-refractivity contribution in [1.82, 2.24) is 5.32 Å². The molecule has 0 bridgehead atoms. The molecule has 0 heterocycles. The van der Waals surface area contributed by atoms with Gasteiger partial charge < -0.3 is 10.6 Å². The molecular weight excluding hydrogens is 300 g/mol. The molecule has 1 aromatic carbocycles. The third-order valence-corrected chi connectivity index (χ3v) is 2.51. The fourth-order valence-electron chi connectivity index (χ4n) is 1.45. The molecule has 0 spiro atoms. The predicted molar refractivity (Wildman–Crippen MR) is 70.4 cm³/mol. The molecule has 0 saturated heterocycles. The highest BCUT2D eigenvalue weighted by Crippen LogP contribution is 2.31. The molecule has 0 aromatic heterocycles. The standard InChI is InChI=1S/C12H14F4N2O.ClH/c1-7(6-17-2)11(19)18-10-5-8(12(14,15)16)3-4-9(10)13;/h3-5,7,17H,6H2,1-2H3,(H,18,19);1H. The summed E-state index contributed by atoms with van der Waals surface area (Å²) in [5.41, 5.74) is -1.48. The summed E-state index contributed by atoms with van der Waals surface area (Å²) in [5, 5.41) is 4.90. The van der Waals surface area contributed by atoms with E-state index in [2.05, 4.69) is 10.6 Å². The van der Waals surface area contributed by atoms with Gasteiger partial charge in [-0.05, 0) is 25.2 Å². The van der Waals surface area contributed by atoms with Gasteiger partial charge in [0.2, 0.25) is 5.91 Å². The van der Waals surface area contributed by atoms with E-state index >= 15 is 0 Å². The minimum Gasteiger partial charge on any atom is -0.323 e. The van der Waals surface area contributed by atoms with Crippen LogP contribution in [0, 0.1) is 11.7 Å². The number of amides is 1. The van der Waals surface area contributed by atoms with Gasteiger partial charge in [0.1, 0.15) is 5.82 Å². The third kappa shape index (κ3) is 4.97. The van der Waals surface area contributed by atoms with Crippen LogP contribution in [0.5, 0.6) is 0 Å². The molecular formula is C12H15ClF4N2O. The highest BCUT2D eigenvalue weighted by atomic mass is 35.5. The second-order valence-electron chi connectivity index (χ2n) is 4.14. The van der Waals surface area contributed by atoms with Crippen LogP contribution in [0.1, 0.15) is 12.5 Å². The third-order valence-electron chi connectivity index (χ3n) is 2.51. The van der Waals surface area contributed by atoms with E-state index in [1.54, 1.807) is 14.0 Å². The molecule has 20 heavy (non-hydrogen) atoms. The Balaban J connectivity index is 0.00000361. The van der Waals surface area contributed by atoms with Gasteiger partial charge in [-0.15, -0.1) is 12.4 Å². The highest BCUT2D eigenvalue weighted by molar-refractivity contribution is 5.92. The fourth-order valence-corrected chi connectivity index (χ4v) is 1.45. The molecule has 8 heteroatoms. The first-order chi connectivity index (χ1) is 8.75. The zero-order valence-corrected chi connectivity index (χ0v) is 11.7. The number of nitrogens with one attached hydrogen (secondary N) is 2. The molecule has 0 aliphatic carbocycles. The first-order valence-corrected chi connectivity index (χ1v) is 5.58. The number of rotatable bonds is 4. The minimum absolute atomic E-state index is 0. The lowest BCUT2D eigenvalue weighted by Crippen LogP contribution is -2.29. The number of alkyl halides is 3. The molecule has 0 aliphatic heterocycles. The lowest BCUT2D eigenvalue weighted by atomic mass is 10.1. The van der Waals surface area contributed by atoms with Gasteiger partial charge in [0.05, 0.1) is 11.3 Å². The maximum absolute atomic E-state index is 13.4. The Bertz CT molecular complexity index is 465. The second kappa shape index (κ2) is 7.44. The van der Waals surface area contributed by atoms with Crippen LogP contribution in [-0.4, -0.2) is 19.5 Å². The molecule has 114 valence electrons. The van der Waals surface area contributed by atoms with E-state index in [1.807, 2.05) is 0 Å². The van der Waals surface area contributed by atoms with Gasteiger partial charge in [0.25, 0.3) is 0 Å². The topological polar surface area (TPSA) is 41.1 Å². The van der Waals surface area contributed by atoms with Gasteiger partial charge in [-0.25, -0.2) is 4.39 Å². The number of hydrogen-bond donors (Lipinski definition) is 2. The van der Waals surface area contributed by atoms with Crippen molar-refractivity contribution in [1.29, 1.82) is 0 Å². The molecule has 1 amide bonds. The molecule has 1 rings (SSSR count). The van der Waals surface area contributed by atoms with Gasteiger partial charge in [0, 0.05) is 12.5 Å². The van der Waals surface area contributed by atoms with Crippen LogP contribution in [0.4, 0.5) is 23.2 Å². The van der Waals surface area contributed by atoms with E-state index in [4.69, 9.17) is 0 Å². The Morgan fingerprint density at radius 3 is 2.45 bits per heavy atom. The Hall–Kier alpha value is -1.34. The minimum atomic E-state index is -4.58. The predicted octanol–water partition coefficient (Wildman–Crippen LogP) is 3.06. The number of hydrogen-bond acceptors (Lipinski definition) is 2. The van der Waals surface area contributed by atoms with E-state index in [0.29, 0.717) is 24.7 Å². The van der Waals surface area contributed by atoms with Crippen molar-refractivity contribution in [3.05, 3.63) is 29.6 Å². The van der Waals surface area contributed by atoms with Crippen molar-refractivity contribution in [2.24, 2.45) is 5.92 Å². The van der Waals surface area contributed by atoms with Gasteiger partial charge in [-0.3, -0.25) is 4.79 Å². The lowest BCUT2D eigenvalue weighted by Gasteiger charge is -2.14. The average Bonchev–Trinajstić information content (AvgIpc) is 2.30. The van der Waals surface area contributed by atoms with E-state index in [9.17, 15) is 22.4 Å². The van der Waals surface area contributed by atoms with Crippen LogP contribution in [0.25, 0.3) is 0 Å². The molecule has 2 N–H and O–H groups in total. The summed E-state index contributed by atoms with van der Waals surface area (Å²) in [6.45, 7) is 1.92. The smallest absolute Gasteiger partial charge is 0.323 e.